The number of aromatic amines is 2. The number of carbonyl (C=O) groups is 2. The lowest BCUT2D eigenvalue weighted by molar-refractivity contribution is -0.130. The van der Waals surface area contributed by atoms with Gasteiger partial charge < -0.3 is 20.2 Å². The Labute approximate surface area is 211 Å². The summed E-state index contributed by atoms with van der Waals surface area (Å²) < 4.78 is 18.5. The van der Waals surface area contributed by atoms with Crippen LogP contribution in [0.2, 0.25) is 0 Å². The number of hydrogen-bond donors (Lipinski definition) is 4. The fourth-order valence-electron chi connectivity index (χ4n) is 3.90. The first kappa shape index (κ1) is 25.3. The fourth-order valence-corrected chi connectivity index (χ4v) is 4.26. The van der Waals surface area contributed by atoms with Gasteiger partial charge in [0.05, 0.1) is 32.1 Å². The van der Waals surface area contributed by atoms with Crippen LogP contribution < -0.4 is 10.0 Å². The van der Waals surface area contributed by atoms with Crippen LogP contribution in [0.25, 0.3) is 33.4 Å². The van der Waals surface area contributed by atoms with E-state index in [1.807, 2.05) is 55.5 Å². The van der Waals surface area contributed by atoms with Gasteiger partial charge in [-0.15, -0.1) is 0 Å². The molecule has 0 spiro atoms. The lowest BCUT2D eigenvalue weighted by atomic mass is 10.1. The molecule has 4 rings (SSSR count). The number of carbonyl (C=O) groups excluding carboxylic acids is 2. The third-order valence-electron chi connectivity index (χ3n) is 5.66. The molecule has 11 heteroatoms. The van der Waals surface area contributed by atoms with Crippen molar-refractivity contribution in [2.24, 2.45) is 0 Å². The Morgan fingerprint density at radius 1 is 1.11 bits per heavy atom. The normalized spacial score (nSPS) is 11.9. The number of anilines is 1. The molecular formula is C25H28N6O4S. The minimum Gasteiger partial charge on any atom is -0.355 e. The van der Waals surface area contributed by atoms with Gasteiger partial charge in [-0.3, -0.25) is 13.8 Å². The van der Waals surface area contributed by atoms with E-state index < -0.39 is 11.3 Å². The van der Waals surface area contributed by atoms with E-state index in [1.54, 1.807) is 11.1 Å². The number of fused-ring (bicyclic) bond motifs is 1. The average Bonchev–Trinajstić information content (AvgIpc) is 3.54. The Hall–Kier alpha value is -3.80. The summed E-state index contributed by atoms with van der Waals surface area (Å²) in [5.41, 5.74) is 5.55. The second-order valence-electron chi connectivity index (χ2n) is 8.11. The first-order valence-corrected chi connectivity index (χ1v) is 12.5. The third-order valence-corrected chi connectivity index (χ3v) is 6.34. The zero-order valence-corrected chi connectivity index (χ0v) is 20.9. The quantitative estimate of drug-likeness (QED) is 0.218. The molecule has 0 bridgehead atoms. The summed E-state index contributed by atoms with van der Waals surface area (Å²) in [6.07, 6.45) is 3.20. The number of nitrogens with one attached hydrogen (secondary N) is 4. The molecule has 0 aliphatic rings. The van der Waals surface area contributed by atoms with Crippen LogP contribution in [-0.4, -0.2) is 56.6 Å². The summed E-state index contributed by atoms with van der Waals surface area (Å²) in [7, 11) is 1.30. The van der Waals surface area contributed by atoms with Crippen LogP contribution in [0.4, 0.5) is 5.69 Å². The second-order valence-corrected chi connectivity index (χ2v) is 9.20. The Kier molecular flexibility index (Phi) is 8.26. The standard InChI is InChI=1S/C25H28N6O4S/c1-3-10-31(25(33)14-28-36(34)35-2)15-24-26-13-23(30-24)18-6-4-17(5-7-18)22-12-19-11-20(27-16-32)8-9-21(19)29-22/h4-9,11-13,16,28-29H,3,10,14-15H2,1-2H3,(H,26,30)(H,27,32). The number of rotatable bonds is 12. The molecule has 2 aromatic carbocycles. The van der Waals surface area contributed by atoms with E-state index in [0.717, 1.165) is 45.5 Å². The van der Waals surface area contributed by atoms with E-state index in [-0.39, 0.29) is 12.5 Å². The second kappa shape index (κ2) is 11.8. The van der Waals surface area contributed by atoms with Crippen LogP contribution in [0.3, 0.4) is 0 Å². The largest absolute Gasteiger partial charge is 0.355 e. The number of aromatic nitrogens is 3. The number of H-pyrrole nitrogens is 2. The molecule has 0 radical (unpaired) electrons. The van der Waals surface area contributed by atoms with Crippen LogP contribution in [-0.2, 0) is 31.6 Å². The lowest BCUT2D eigenvalue weighted by Gasteiger charge is -2.21. The Morgan fingerprint density at radius 2 is 1.86 bits per heavy atom. The van der Waals surface area contributed by atoms with Crippen molar-refractivity contribution in [3.05, 3.63) is 60.6 Å². The molecule has 4 N–H and O–H groups in total. The van der Waals surface area contributed by atoms with Crippen molar-refractivity contribution in [3.63, 3.8) is 0 Å². The summed E-state index contributed by atoms with van der Waals surface area (Å²) in [6.45, 7) is 2.78. The van der Waals surface area contributed by atoms with E-state index >= 15 is 0 Å². The lowest BCUT2D eigenvalue weighted by Crippen LogP contribution is -2.39. The highest BCUT2D eigenvalue weighted by molar-refractivity contribution is 7.78. The van der Waals surface area contributed by atoms with E-state index in [1.165, 1.54) is 7.11 Å². The number of benzene rings is 2. The smallest absolute Gasteiger partial charge is 0.238 e. The van der Waals surface area contributed by atoms with Gasteiger partial charge in [-0.2, -0.15) is 0 Å². The van der Waals surface area contributed by atoms with Crippen molar-refractivity contribution >= 4 is 40.2 Å². The van der Waals surface area contributed by atoms with E-state index in [9.17, 15) is 13.8 Å². The van der Waals surface area contributed by atoms with E-state index in [2.05, 4.69) is 29.2 Å². The maximum atomic E-state index is 12.5. The molecule has 188 valence electrons. The maximum absolute atomic E-state index is 12.5. The van der Waals surface area contributed by atoms with Gasteiger partial charge in [-0.25, -0.2) is 13.9 Å². The van der Waals surface area contributed by atoms with Crippen molar-refractivity contribution in [2.75, 3.05) is 25.5 Å². The van der Waals surface area contributed by atoms with Gasteiger partial charge in [0, 0.05) is 28.8 Å². The van der Waals surface area contributed by atoms with Gasteiger partial charge in [0.15, 0.2) is 0 Å². The number of hydrogen-bond acceptors (Lipinski definition) is 5. The molecule has 2 amide bonds. The highest BCUT2D eigenvalue weighted by Crippen LogP contribution is 2.28. The molecule has 0 saturated heterocycles. The number of amides is 2. The molecule has 36 heavy (non-hydrogen) atoms. The molecule has 0 saturated carbocycles. The minimum atomic E-state index is -1.70. The highest BCUT2D eigenvalue weighted by Gasteiger charge is 2.16. The molecule has 2 heterocycles. The zero-order valence-electron chi connectivity index (χ0n) is 20.0. The average molecular weight is 509 g/mol. The van der Waals surface area contributed by atoms with Crippen molar-refractivity contribution in [1.29, 1.82) is 0 Å². The van der Waals surface area contributed by atoms with Gasteiger partial charge in [-0.1, -0.05) is 31.2 Å². The molecule has 2 aromatic heterocycles. The molecule has 1 unspecified atom stereocenters. The third kappa shape index (κ3) is 6.06. The summed E-state index contributed by atoms with van der Waals surface area (Å²) in [4.78, 5) is 36.0. The zero-order chi connectivity index (χ0) is 25.5. The number of nitrogens with zero attached hydrogens (tertiary/aromatic N) is 2. The maximum Gasteiger partial charge on any atom is 0.238 e. The molecular weight excluding hydrogens is 480 g/mol. The molecule has 0 fully saturated rings. The predicted molar refractivity (Wildman–Crippen MR) is 140 cm³/mol. The fraction of sp³-hybridized carbons (Fsp3) is 0.240. The van der Waals surface area contributed by atoms with E-state index in [0.29, 0.717) is 25.3 Å². The van der Waals surface area contributed by atoms with Crippen molar-refractivity contribution in [1.82, 2.24) is 24.6 Å². The molecule has 10 nitrogen and oxygen atoms in total. The van der Waals surface area contributed by atoms with Gasteiger partial charge in [0.1, 0.15) is 5.82 Å². The van der Waals surface area contributed by atoms with Gasteiger partial charge >= 0.3 is 0 Å². The predicted octanol–water partition coefficient (Wildman–Crippen LogP) is 3.35. The van der Waals surface area contributed by atoms with Crippen LogP contribution in [0, 0.1) is 0 Å². The summed E-state index contributed by atoms with van der Waals surface area (Å²) in [5, 5.41) is 3.68. The first-order valence-electron chi connectivity index (χ1n) is 11.5. The van der Waals surface area contributed by atoms with Crippen LogP contribution >= 0.6 is 0 Å². The summed E-state index contributed by atoms with van der Waals surface area (Å²) in [5.74, 6) is 0.482. The van der Waals surface area contributed by atoms with Crippen LogP contribution in [0.1, 0.15) is 19.2 Å². The highest BCUT2D eigenvalue weighted by atomic mass is 32.2. The van der Waals surface area contributed by atoms with Gasteiger partial charge in [0.25, 0.3) is 0 Å². The van der Waals surface area contributed by atoms with Crippen molar-refractivity contribution in [3.8, 4) is 22.5 Å². The number of imidazole rings is 1. The monoisotopic (exact) mass is 508 g/mol. The summed E-state index contributed by atoms with van der Waals surface area (Å²) >= 11 is -1.70. The SMILES string of the molecule is CCCN(Cc1ncc(-c2ccc(-c3cc4cc(NC=O)ccc4[nH]3)cc2)[nH]1)C(=O)CNS(=O)OC. The Morgan fingerprint density at radius 3 is 2.56 bits per heavy atom. The minimum absolute atomic E-state index is 0.0852. The first-order chi connectivity index (χ1) is 17.5. The van der Waals surface area contributed by atoms with Crippen LogP contribution in [0.15, 0.2) is 54.7 Å². The van der Waals surface area contributed by atoms with Crippen LogP contribution in [0.5, 0.6) is 0 Å². The molecule has 1 atom stereocenters. The van der Waals surface area contributed by atoms with E-state index in [4.69, 9.17) is 0 Å². The van der Waals surface area contributed by atoms with Crippen molar-refractivity contribution in [2.45, 2.75) is 19.9 Å². The summed E-state index contributed by atoms with van der Waals surface area (Å²) in [6, 6.07) is 15.8. The molecule has 4 aromatic rings. The van der Waals surface area contributed by atoms with Gasteiger partial charge in [0.2, 0.25) is 23.6 Å². The topological polar surface area (TPSA) is 132 Å². The molecule has 0 aliphatic heterocycles. The Balaban J connectivity index is 1.45. The van der Waals surface area contributed by atoms with Crippen molar-refractivity contribution < 1.29 is 18.0 Å². The van der Waals surface area contributed by atoms with Gasteiger partial charge in [-0.05, 0) is 41.8 Å². The Bertz CT molecular complexity index is 1360. The molecule has 0 aliphatic carbocycles.